The Kier molecular flexibility index (Phi) is 22.2. The molecule has 8 N–H and O–H groups in total. The van der Waals surface area contributed by atoms with Crippen LogP contribution in [0.3, 0.4) is 0 Å². The number of rotatable bonds is 14. The van der Waals surface area contributed by atoms with Gasteiger partial charge >= 0.3 is 18.0 Å². The lowest BCUT2D eigenvalue weighted by molar-refractivity contribution is -1.09. The third kappa shape index (κ3) is 14.3. The summed E-state index contributed by atoms with van der Waals surface area (Å²) < 4.78 is 81.9. The SMILES string of the molecule is COC(=O)NC1C(C)OC(OC2CC=C(C)C3C=CC4C(OC5CC(OC6CCC(OC7CC(O)C(OC8CCC(O)C(C)O8)C(C)O7)C(C)O6)C(OC(C)=O)C(C)O5)C(C)CC(C)C4C3(C)C(O)=C3C(=O)OC4(CC(CO)CC(O)C4C=C2C)C3=O)CC1(C)[NH+]([O-])O. The smallest absolute Gasteiger partial charge is 0.407 e. The van der Waals surface area contributed by atoms with E-state index in [1.165, 1.54) is 21.0 Å². The fourth-order valence-electron chi connectivity index (χ4n) is 17.4. The van der Waals surface area contributed by atoms with Crippen molar-refractivity contribution < 1.29 is 117 Å². The molecule has 6 aliphatic heterocycles. The molecule has 2 bridgehead atoms. The van der Waals surface area contributed by atoms with Crippen LogP contribution in [0.5, 0.6) is 0 Å². The van der Waals surface area contributed by atoms with Crippen LogP contribution < -0.4 is 10.5 Å². The lowest BCUT2D eigenvalue weighted by atomic mass is 9.49. The largest absolute Gasteiger partial charge is 0.600 e. The number of alkyl carbamates (subject to hydrolysis) is 1. The number of hydroxylamine groups is 2. The third-order valence-corrected chi connectivity index (χ3v) is 22.3. The highest BCUT2D eigenvalue weighted by Crippen LogP contribution is 2.61. The van der Waals surface area contributed by atoms with E-state index in [4.69, 9.17) is 61.6 Å². The Balaban J connectivity index is 0.902. The molecule has 1 spiro atoms. The van der Waals surface area contributed by atoms with Gasteiger partial charge in [0.25, 0.3) is 0 Å². The lowest BCUT2D eigenvalue weighted by Crippen LogP contribution is -3.17. The second kappa shape index (κ2) is 28.8. The molecule has 10 aliphatic rings. The number of aliphatic hydroxyl groups is 5. The first-order chi connectivity index (χ1) is 43.9. The van der Waals surface area contributed by atoms with Gasteiger partial charge in [-0.15, -0.1) is 0 Å². The number of Topliss-reactive ketones (excluding diaryl/α,β-unsaturated/α-hetero) is 1. The predicted octanol–water partition coefficient (Wildman–Crippen LogP) is 4.73. The predicted molar refractivity (Wildman–Crippen MR) is 325 cm³/mol. The van der Waals surface area contributed by atoms with Crippen LogP contribution >= 0.6 is 0 Å². The van der Waals surface area contributed by atoms with Crippen molar-refractivity contribution in [3.63, 3.8) is 0 Å². The molecule has 524 valence electrons. The highest BCUT2D eigenvalue weighted by molar-refractivity contribution is 6.26. The van der Waals surface area contributed by atoms with E-state index in [0.717, 1.165) is 5.57 Å². The van der Waals surface area contributed by atoms with Crippen LogP contribution in [-0.4, -0.2) is 202 Å². The third-order valence-electron chi connectivity index (χ3n) is 22.3. The number of ketones is 1. The molecule has 31 unspecified atom stereocenters. The van der Waals surface area contributed by atoms with Gasteiger partial charge in [-0.3, -0.25) is 9.59 Å². The van der Waals surface area contributed by atoms with Gasteiger partial charge in [0.1, 0.15) is 29.6 Å². The molecule has 0 radical (unpaired) electrons. The van der Waals surface area contributed by atoms with E-state index < -0.39 is 216 Å². The Hall–Kier alpha value is -4.04. The molecule has 6 saturated heterocycles. The molecule has 93 heavy (non-hydrogen) atoms. The van der Waals surface area contributed by atoms with E-state index in [9.17, 15) is 50.3 Å². The number of hydrogen-bond donors (Lipinski definition) is 8. The maximum absolute atomic E-state index is 15.6. The van der Waals surface area contributed by atoms with Crippen molar-refractivity contribution in [1.29, 1.82) is 0 Å². The number of allylic oxidation sites excluding steroid dienone is 3. The van der Waals surface area contributed by atoms with E-state index in [1.807, 2.05) is 39.8 Å². The number of methoxy groups -OCH3 is 1. The number of nitrogens with one attached hydrogen (secondary N) is 2. The van der Waals surface area contributed by atoms with Gasteiger partial charge in [-0.1, -0.05) is 50.6 Å². The monoisotopic (exact) mass is 1320 g/mol. The summed E-state index contributed by atoms with van der Waals surface area (Å²) in [5.74, 6) is -6.60. The van der Waals surface area contributed by atoms with E-state index in [-0.39, 0.29) is 50.4 Å². The lowest BCUT2D eigenvalue weighted by Gasteiger charge is -2.56. The zero-order valence-electron chi connectivity index (χ0n) is 55.9. The molecule has 4 aliphatic carbocycles. The Labute approximate surface area is 544 Å². The molecule has 0 aromatic heterocycles. The highest BCUT2D eigenvalue weighted by Gasteiger charge is 2.66. The number of carbonyl (C=O) groups is 4. The topological polar surface area (TPSA) is 349 Å². The maximum Gasteiger partial charge on any atom is 0.407 e. The number of amides is 1. The van der Waals surface area contributed by atoms with Crippen molar-refractivity contribution in [2.75, 3.05) is 13.7 Å². The van der Waals surface area contributed by atoms with E-state index in [1.54, 1.807) is 33.8 Å². The first-order valence-electron chi connectivity index (χ1n) is 33.6. The standard InChI is InChI=1S/C67H102N2O24/c1-30-14-18-47(88-54-28-65(11,69(79)80)60(38(9)86-54)68-64(78)81-13)31(2)23-43-45(73)24-40(29-70)27-67(43)62(76)55(63(77)93-67)61(75)66(12)42(30)16-15-41-56(66)32(3)22-33(4)57(41)92-53-26-49(59(37(8)85-53)87-39(10)71)90-50-21-19-48(35(6)83-50)89-52-25-46(74)58(36(7)84-52)91-51-20-17-44(72)34(5)82-51/h14-16,23,32-38,40-54,56-60,69-70,72-75,79H,17-22,24-29H2,1-13H3,(H,68,78). The van der Waals surface area contributed by atoms with Crippen molar-refractivity contribution in [2.24, 2.45) is 46.8 Å². The van der Waals surface area contributed by atoms with Gasteiger partial charge in [0.15, 0.2) is 48.7 Å². The number of carbonyl (C=O) groups excluding carboxylic acids is 4. The number of hydrogen-bond acceptors (Lipinski definition) is 24. The van der Waals surface area contributed by atoms with Crippen LogP contribution in [0, 0.1) is 52.0 Å². The van der Waals surface area contributed by atoms with Gasteiger partial charge < -0.3 is 97.6 Å². The van der Waals surface area contributed by atoms with Crippen molar-refractivity contribution in [3.05, 3.63) is 52.0 Å². The normalized spacial score (nSPS) is 47.6. The van der Waals surface area contributed by atoms with Crippen LogP contribution in [-0.2, 0) is 76.0 Å². The molecular weight excluding hydrogens is 1220 g/mol. The zero-order chi connectivity index (χ0) is 67.5. The van der Waals surface area contributed by atoms with Crippen molar-refractivity contribution >= 4 is 23.8 Å². The summed E-state index contributed by atoms with van der Waals surface area (Å²) in [6.45, 7) is 21.0. The summed E-state index contributed by atoms with van der Waals surface area (Å²) >= 11 is 0. The van der Waals surface area contributed by atoms with Gasteiger partial charge in [-0.05, 0) is 117 Å². The fourth-order valence-corrected chi connectivity index (χ4v) is 17.4. The van der Waals surface area contributed by atoms with Gasteiger partial charge in [0.05, 0.1) is 86.6 Å². The minimum atomic E-state index is -2.05. The van der Waals surface area contributed by atoms with E-state index in [0.29, 0.717) is 37.7 Å². The van der Waals surface area contributed by atoms with Gasteiger partial charge in [0.2, 0.25) is 5.78 Å². The van der Waals surface area contributed by atoms with Crippen molar-refractivity contribution in [2.45, 2.75) is 288 Å². The molecule has 31 atom stereocenters. The Morgan fingerprint density at radius 2 is 1.33 bits per heavy atom. The van der Waals surface area contributed by atoms with Crippen molar-refractivity contribution in [1.82, 2.24) is 5.32 Å². The summed E-state index contributed by atoms with van der Waals surface area (Å²) in [7, 11) is 1.18. The van der Waals surface area contributed by atoms with E-state index in [2.05, 4.69) is 25.2 Å². The number of quaternary nitrogens is 1. The minimum absolute atomic E-state index is 0.0601. The molecule has 26 nitrogen and oxygen atoms in total. The molecule has 10 rings (SSSR count). The first-order valence-corrected chi connectivity index (χ1v) is 33.6. The molecule has 1 amide bonds. The summed E-state index contributed by atoms with van der Waals surface area (Å²) in [6.07, 6.45) is -4.54. The first kappa shape index (κ1) is 71.7. The zero-order valence-corrected chi connectivity index (χ0v) is 55.9. The summed E-state index contributed by atoms with van der Waals surface area (Å²) in [5.41, 5.74) is -4.32. The van der Waals surface area contributed by atoms with Crippen LogP contribution in [0.25, 0.3) is 0 Å². The molecule has 8 fully saturated rings. The fraction of sp³-hybridized carbons (Fsp3) is 0.821. The molecule has 0 aromatic rings. The van der Waals surface area contributed by atoms with Gasteiger partial charge in [0, 0.05) is 62.9 Å². The number of aliphatic hydroxyl groups excluding tert-OH is 5. The Bertz CT molecular complexity index is 2800. The second-order valence-electron chi connectivity index (χ2n) is 28.9. The second-order valence-corrected chi connectivity index (χ2v) is 28.9. The molecule has 6 heterocycles. The average molecular weight is 1320 g/mol. The number of fused-ring (bicyclic) bond motifs is 4. The number of esters is 2. The molecular formula is C67H102N2O24. The quantitative estimate of drug-likeness (QED) is 0.0383. The van der Waals surface area contributed by atoms with Crippen LogP contribution in [0.1, 0.15) is 154 Å². The Morgan fingerprint density at radius 1 is 0.699 bits per heavy atom. The minimum Gasteiger partial charge on any atom is -0.600 e. The molecule has 26 heteroatoms. The van der Waals surface area contributed by atoms with Crippen LogP contribution in [0.2, 0.25) is 0 Å². The van der Waals surface area contributed by atoms with Crippen molar-refractivity contribution in [3.8, 4) is 0 Å². The summed E-state index contributed by atoms with van der Waals surface area (Å²) in [4.78, 5) is 55.6. The summed E-state index contributed by atoms with van der Waals surface area (Å²) in [5, 5.41) is 82.5. The summed E-state index contributed by atoms with van der Waals surface area (Å²) in [6, 6.07) is -1.01. The van der Waals surface area contributed by atoms with Crippen LogP contribution in [0.15, 0.2) is 46.8 Å². The highest BCUT2D eigenvalue weighted by atomic mass is 16.8. The molecule has 0 aromatic carbocycles. The molecule has 2 saturated carbocycles. The maximum atomic E-state index is 15.6. The van der Waals surface area contributed by atoms with Gasteiger partial charge in [-0.2, -0.15) is 0 Å². The average Bonchev–Trinajstić information content (AvgIpc) is 1.68. The van der Waals surface area contributed by atoms with Gasteiger partial charge in [-0.25, -0.2) is 20.0 Å². The number of ether oxygens (including phenoxy) is 13. The van der Waals surface area contributed by atoms with E-state index >= 15 is 4.79 Å². The Morgan fingerprint density at radius 3 is 1.99 bits per heavy atom. The van der Waals surface area contributed by atoms with Crippen LogP contribution in [0.4, 0.5) is 4.79 Å².